The Kier molecular flexibility index (Phi) is 4.78. The molecular formula is C14H14N4O2S. The van der Waals surface area contributed by atoms with Crippen LogP contribution in [-0.4, -0.2) is 22.1 Å². The van der Waals surface area contributed by atoms with Crippen molar-refractivity contribution in [2.45, 2.75) is 13.3 Å². The van der Waals surface area contributed by atoms with Crippen LogP contribution in [0.25, 0.3) is 0 Å². The van der Waals surface area contributed by atoms with Crippen molar-refractivity contribution in [2.75, 3.05) is 0 Å². The minimum atomic E-state index is -0.343. The molecule has 3 N–H and O–H groups in total. The van der Waals surface area contributed by atoms with E-state index in [-0.39, 0.29) is 22.7 Å². The van der Waals surface area contributed by atoms with Crippen molar-refractivity contribution >= 4 is 24.3 Å². The first-order chi connectivity index (χ1) is 10.0. The Hall–Kier alpha value is -2.54. The molecule has 1 amide bonds. The number of H-pyrrole nitrogens is 2. The summed E-state index contributed by atoms with van der Waals surface area (Å²) < 4.78 is 0.188. The fourth-order valence-electron chi connectivity index (χ4n) is 1.76. The quantitative estimate of drug-likeness (QED) is 0.453. The third-order valence-electron chi connectivity index (χ3n) is 2.61. The molecule has 0 aliphatic heterocycles. The fraction of sp³-hybridized carbons (Fsp3) is 0.143. The smallest absolute Gasteiger partial charge is 0.251 e. The maximum Gasteiger partial charge on any atom is 0.251 e. The molecule has 0 aliphatic carbocycles. The number of aryl methyl sites for hydroxylation is 1. The molecule has 1 aromatic carbocycles. The summed E-state index contributed by atoms with van der Waals surface area (Å²) >= 11 is 4.83. The lowest BCUT2D eigenvalue weighted by Crippen LogP contribution is -2.21. The van der Waals surface area contributed by atoms with Crippen LogP contribution >= 0.6 is 12.2 Å². The summed E-state index contributed by atoms with van der Waals surface area (Å²) in [5, 5.41) is 3.87. The maximum atomic E-state index is 11.7. The van der Waals surface area contributed by atoms with Gasteiger partial charge in [0.15, 0.2) is 4.77 Å². The molecule has 108 valence electrons. The molecule has 1 heterocycles. The zero-order valence-corrected chi connectivity index (χ0v) is 12.2. The van der Waals surface area contributed by atoms with Crippen LogP contribution < -0.4 is 11.0 Å². The number of hydrogen-bond acceptors (Lipinski definition) is 4. The van der Waals surface area contributed by atoms with Crippen molar-refractivity contribution in [3.8, 4) is 0 Å². The standard InChI is InChI=1S/C14H14N4O2S/c1-9-3-2-4-10(5-9)8-15-18-13(20)7-11-6-12(19)17-14(21)16-11/h2-6,8H,7H2,1H3,(H,18,20)(H2,16,17,19,21)/b15-8-. The van der Waals surface area contributed by atoms with Crippen LogP contribution in [0.4, 0.5) is 0 Å². The SMILES string of the molecule is Cc1cccc(/C=N\NC(=O)Cc2cc(=O)[nH]c(=S)[nH]2)c1. The Balaban J connectivity index is 1.96. The van der Waals surface area contributed by atoms with Crippen molar-refractivity contribution in [2.24, 2.45) is 5.10 Å². The average Bonchev–Trinajstić information content (AvgIpc) is 2.37. The van der Waals surface area contributed by atoms with Crippen molar-refractivity contribution < 1.29 is 4.79 Å². The van der Waals surface area contributed by atoms with Gasteiger partial charge in [-0.2, -0.15) is 5.10 Å². The molecule has 0 unspecified atom stereocenters. The van der Waals surface area contributed by atoms with Crippen LogP contribution in [-0.2, 0) is 11.2 Å². The van der Waals surface area contributed by atoms with Gasteiger partial charge in [0.25, 0.3) is 5.56 Å². The molecule has 7 heteroatoms. The summed E-state index contributed by atoms with van der Waals surface area (Å²) in [5.41, 5.74) is 4.50. The minimum absolute atomic E-state index is 0.00127. The molecule has 21 heavy (non-hydrogen) atoms. The number of carbonyl (C=O) groups is 1. The molecule has 2 rings (SSSR count). The third-order valence-corrected chi connectivity index (χ3v) is 2.82. The van der Waals surface area contributed by atoms with Crippen LogP contribution in [0.2, 0.25) is 0 Å². The van der Waals surface area contributed by atoms with Gasteiger partial charge in [0.1, 0.15) is 0 Å². The number of hydrogen-bond donors (Lipinski definition) is 3. The Morgan fingerprint density at radius 1 is 1.38 bits per heavy atom. The van der Waals surface area contributed by atoms with Crippen molar-refractivity contribution in [1.29, 1.82) is 0 Å². The minimum Gasteiger partial charge on any atom is -0.335 e. The Bertz CT molecular complexity index is 764. The lowest BCUT2D eigenvalue weighted by Gasteiger charge is -2.00. The van der Waals surface area contributed by atoms with Crippen molar-refractivity contribution in [3.63, 3.8) is 0 Å². The zero-order chi connectivity index (χ0) is 15.2. The highest BCUT2D eigenvalue weighted by Gasteiger charge is 2.03. The van der Waals surface area contributed by atoms with E-state index in [1.165, 1.54) is 6.07 Å². The van der Waals surface area contributed by atoms with Crippen LogP contribution in [0.1, 0.15) is 16.8 Å². The molecular weight excluding hydrogens is 288 g/mol. The third kappa shape index (κ3) is 4.81. The van der Waals surface area contributed by atoms with Crippen LogP contribution in [0.3, 0.4) is 0 Å². The number of nitrogens with one attached hydrogen (secondary N) is 3. The number of nitrogens with zero attached hydrogens (tertiary/aromatic N) is 1. The second-order valence-corrected chi connectivity index (χ2v) is 4.91. The Morgan fingerprint density at radius 3 is 2.90 bits per heavy atom. The number of aromatic amines is 2. The first-order valence-electron chi connectivity index (χ1n) is 6.24. The highest BCUT2D eigenvalue weighted by atomic mass is 32.1. The molecule has 0 saturated carbocycles. The zero-order valence-electron chi connectivity index (χ0n) is 11.3. The summed E-state index contributed by atoms with van der Waals surface area (Å²) in [7, 11) is 0. The van der Waals surface area contributed by atoms with Crippen molar-refractivity contribution in [3.05, 3.63) is 62.3 Å². The molecule has 0 saturated heterocycles. The number of benzene rings is 1. The van der Waals surface area contributed by atoms with E-state index in [1.807, 2.05) is 31.2 Å². The maximum absolute atomic E-state index is 11.7. The highest BCUT2D eigenvalue weighted by molar-refractivity contribution is 7.71. The number of hydrazone groups is 1. The van der Waals surface area contributed by atoms with Gasteiger partial charge in [-0.25, -0.2) is 5.43 Å². The molecule has 0 fully saturated rings. The van der Waals surface area contributed by atoms with Crippen molar-refractivity contribution in [1.82, 2.24) is 15.4 Å². The van der Waals surface area contributed by atoms with Gasteiger partial charge in [0.2, 0.25) is 5.91 Å². The summed E-state index contributed by atoms with van der Waals surface area (Å²) in [6.07, 6.45) is 1.56. The predicted octanol–water partition coefficient (Wildman–Crippen LogP) is 1.43. The predicted molar refractivity (Wildman–Crippen MR) is 82.9 cm³/mol. The first kappa shape index (κ1) is 14.9. The molecule has 0 aliphatic rings. The average molecular weight is 302 g/mol. The monoisotopic (exact) mass is 302 g/mol. The summed E-state index contributed by atoms with van der Waals surface area (Å²) in [6.45, 7) is 1.98. The van der Waals surface area contributed by atoms with Gasteiger partial charge >= 0.3 is 0 Å². The number of carbonyl (C=O) groups excluding carboxylic acids is 1. The molecule has 0 radical (unpaired) electrons. The summed E-state index contributed by atoms with van der Waals surface area (Å²) in [6, 6.07) is 9.01. The lowest BCUT2D eigenvalue weighted by molar-refractivity contribution is -0.120. The van der Waals surface area contributed by atoms with E-state index in [9.17, 15) is 9.59 Å². The van der Waals surface area contributed by atoms with E-state index in [0.717, 1.165) is 11.1 Å². The topological polar surface area (TPSA) is 90.1 Å². The Morgan fingerprint density at radius 2 is 2.19 bits per heavy atom. The highest BCUT2D eigenvalue weighted by Crippen LogP contribution is 2.00. The molecule has 2 aromatic rings. The second-order valence-electron chi connectivity index (χ2n) is 4.50. The van der Waals surface area contributed by atoms with Crippen LogP contribution in [0.15, 0.2) is 40.2 Å². The molecule has 6 nitrogen and oxygen atoms in total. The van der Waals surface area contributed by atoms with E-state index in [1.54, 1.807) is 6.21 Å². The summed E-state index contributed by atoms with van der Waals surface area (Å²) in [5.74, 6) is -0.338. The van der Waals surface area contributed by atoms with E-state index < -0.39 is 0 Å². The molecule has 0 spiro atoms. The van der Waals surface area contributed by atoms with Gasteiger partial charge in [-0.05, 0) is 24.7 Å². The number of amides is 1. The number of rotatable bonds is 4. The van der Waals surface area contributed by atoms with Gasteiger partial charge in [-0.1, -0.05) is 29.8 Å². The van der Waals surface area contributed by atoms with Gasteiger partial charge in [-0.15, -0.1) is 0 Å². The van der Waals surface area contributed by atoms with Gasteiger partial charge in [0.05, 0.1) is 12.6 Å². The van der Waals surface area contributed by atoms with E-state index in [2.05, 4.69) is 20.5 Å². The lowest BCUT2D eigenvalue weighted by atomic mass is 10.2. The summed E-state index contributed by atoms with van der Waals surface area (Å²) in [4.78, 5) is 28.1. The van der Waals surface area contributed by atoms with Gasteiger partial charge in [0, 0.05) is 11.8 Å². The van der Waals surface area contributed by atoms with Gasteiger partial charge in [-0.3, -0.25) is 14.6 Å². The first-order valence-corrected chi connectivity index (χ1v) is 6.65. The van der Waals surface area contributed by atoms with Crippen LogP contribution in [0, 0.1) is 11.7 Å². The van der Waals surface area contributed by atoms with E-state index in [4.69, 9.17) is 12.2 Å². The van der Waals surface area contributed by atoms with E-state index in [0.29, 0.717) is 5.69 Å². The van der Waals surface area contributed by atoms with Gasteiger partial charge < -0.3 is 4.98 Å². The fourth-order valence-corrected chi connectivity index (χ4v) is 1.99. The Labute approximate surface area is 125 Å². The van der Waals surface area contributed by atoms with Crippen LogP contribution in [0.5, 0.6) is 0 Å². The molecule has 0 bridgehead atoms. The largest absolute Gasteiger partial charge is 0.335 e. The van der Waals surface area contributed by atoms with E-state index >= 15 is 0 Å². The normalized spacial score (nSPS) is 10.7. The molecule has 1 aromatic heterocycles. The number of aromatic nitrogens is 2. The molecule has 0 atom stereocenters. The second kappa shape index (κ2) is 6.76.